The highest BCUT2D eigenvalue weighted by Crippen LogP contribution is 2.25. The fraction of sp³-hybridized carbons (Fsp3) is 0.350. The standard InChI is InChI=1S/C20H24N8O2/c1-14-11-21-20(25-19(14)23-15-4-3-5-18(10-15)28(29)30)24-16-12-22-27(13-16)17-6-8-26(2)9-7-17/h3-5,10-13,17H,6-9H2,1-2H3,(H2,21,23,24,25). The molecule has 0 bridgehead atoms. The van der Waals surface area contributed by atoms with Crippen molar-refractivity contribution in [2.45, 2.75) is 25.8 Å². The first-order chi connectivity index (χ1) is 14.5. The maximum Gasteiger partial charge on any atom is 0.271 e. The van der Waals surface area contributed by atoms with Crippen molar-refractivity contribution >= 4 is 28.8 Å². The van der Waals surface area contributed by atoms with Gasteiger partial charge in [-0.1, -0.05) is 6.07 Å². The summed E-state index contributed by atoms with van der Waals surface area (Å²) in [6.07, 6.45) is 7.62. The quantitative estimate of drug-likeness (QED) is 0.469. The van der Waals surface area contributed by atoms with Crippen LogP contribution in [0.15, 0.2) is 42.9 Å². The van der Waals surface area contributed by atoms with E-state index in [1.54, 1.807) is 24.5 Å². The number of anilines is 4. The van der Waals surface area contributed by atoms with Crippen molar-refractivity contribution in [3.05, 3.63) is 58.5 Å². The topological polar surface area (TPSA) is 114 Å². The third-order valence-electron chi connectivity index (χ3n) is 5.21. The summed E-state index contributed by atoms with van der Waals surface area (Å²) >= 11 is 0. The van der Waals surface area contributed by atoms with Crippen LogP contribution in [0.25, 0.3) is 0 Å². The molecule has 3 heterocycles. The molecule has 0 spiro atoms. The Hall–Kier alpha value is -3.53. The molecule has 4 rings (SSSR count). The lowest BCUT2D eigenvalue weighted by Crippen LogP contribution is -2.31. The lowest BCUT2D eigenvalue weighted by Gasteiger charge is -2.28. The molecule has 1 aliphatic rings. The Morgan fingerprint density at radius 3 is 2.73 bits per heavy atom. The van der Waals surface area contributed by atoms with Gasteiger partial charge in [-0.15, -0.1) is 0 Å². The second-order valence-corrected chi connectivity index (χ2v) is 7.53. The first kappa shape index (κ1) is 19.8. The van der Waals surface area contributed by atoms with E-state index in [4.69, 9.17) is 0 Å². The zero-order chi connectivity index (χ0) is 21.1. The summed E-state index contributed by atoms with van der Waals surface area (Å²) in [5.41, 5.74) is 2.26. The molecule has 0 amide bonds. The zero-order valence-electron chi connectivity index (χ0n) is 16.9. The summed E-state index contributed by atoms with van der Waals surface area (Å²) in [6.45, 7) is 4.02. The van der Waals surface area contributed by atoms with Crippen LogP contribution < -0.4 is 10.6 Å². The minimum absolute atomic E-state index is 0.0198. The van der Waals surface area contributed by atoms with Crippen molar-refractivity contribution in [3.63, 3.8) is 0 Å². The first-order valence-corrected chi connectivity index (χ1v) is 9.83. The van der Waals surface area contributed by atoms with Crippen LogP contribution in [-0.2, 0) is 0 Å². The van der Waals surface area contributed by atoms with Gasteiger partial charge in [0.1, 0.15) is 5.82 Å². The average molecular weight is 408 g/mol. The minimum atomic E-state index is -0.424. The molecule has 10 nitrogen and oxygen atoms in total. The van der Waals surface area contributed by atoms with Crippen LogP contribution in [0, 0.1) is 17.0 Å². The molecule has 10 heteroatoms. The van der Waals surface area contributed by atoms with Crippen LogP contribution in [0.2, 0.25) is 0 Å². The lowest BCUT2D eigenvalue weighted by atomic mass is 10.1. The number of non-ortho nitro benzene ring substituents is 1. The Kier molecular flexibility index (Phi) is 5.57. The Balaban J connectivity index is 1.47. The van der Waals surface area contributed by atoms with Gasteiger partial charge < -0.3 is 15.5 Å². The number of nitro groups is 1. The number of hydrogen-bond donors (Lipinski definition) is 2. The summed E-state index contributed by atoms with van der Waals surface area (Å²) < 4.78 is 2.01. The highest BCUT2D eigenvalue weighted by molar-refractivity contribution is 5.63. The van der Waals surface area contributed by atoms with E-state index in [0.29, 0.717) is 23.5 Å². The number of likely N-dealkylation sites (tertiary alicyclic amines) is 1. The molecule has 3 aromatic rings. The average Bonchev–Trinajstić information content (AvgIpc) is 3.20. The van der Waals surface area contributed by atoms with Crippen molar-refractivity contribution in [1.82, 2.24) is 24.6 Å². The lowest BCUT2D eigenvalue weighted by molar-refractivity contribution is -0.384. The van der Waals surface area contributed by atoms with E-state index < -0.39 is 4.92 Å². The maximum absolute atomic E-state index is 11.0. The normalized spacial score (nSPS) is 15.1. The predicted molar refractivity (Wildman–Crippen MR) is 114 cm³/mol. The van der Waals surface area contributed by atoms with Gasteiger partial charge in [0, 0.05) is 35.8 Å². The van der Waals surface area contributed by atoms with Crippen molar-refractivity contribution in [2.24, 2.45) is 0 Å². The smallest absolute Gasteiger partial charge is 0.271 e. The molecule has 1 fully saturated rings. The van der Waals surface area contributed by atoms with Crippen molar-refractivity contribution in [1.29, 1.82) is 0 Å². The van der Waals surface area contributed by atoms with Crippen LogP contribution in [0.5, 0.6) is 0 Å². The number of rotatable bonds is 6. The van der Waals surface area contributed by atoms with E-state index in [9.17, 15) is 10.1 Å². The molecule has 2 N–H and O–H groups in total. The molecule has 0 radical (unpaired) electrons. The van der Waals surface area contributed by atoms with Gasteiger partial charge >= 0.3 is 0 Å². The molecule has 1 aliphatic heterocycles. The number of piperidine rings is 1. The third-order valence-corrected chi connectivity index (χ3v) is 5.21. The van der Waals surface area contributed by atoms with E-state index in [2.05, 4.69) is 37.6 Å². The molecule has 1 aromatic carbocycles. The summed E-state index contributed by atoms with van der Waals surface area (Å²) in [7, 11) is 2.14. The molecule has 2 aromatic heterocycles. The van der Waals surface area contributed by atoms with Crippen LogP contribution in [-0.4, -0.2) is 49.7 Å². The fourth-order valence-electron chi connectivity index (χ4n) is 3.45. The molecule has 0 saturated carbocycles. The highest BCUT2D eigenvalue weighted by Gasteiger charge is 2.19. The summed E-state index contributed by atoms with van der Waals surface area (Å²) in [6, 6.07) is 6.72. The number of nitrogens with one attached hydrogen (secondary N) is 2. The Morgan fingerprint density at radius 1 is 1.17 bits per heavy atom. The minimum Gasteiger partial charge on any atom is -0.340 e. The van der Waals surface area contributed by atoms with Gasteiger partial charge in [-0.2, -0.15) is 10.1 Å². The van der Waals surface area contributed by atoms with Gasteiger partial charge in [-0.3, -0.25) is 14.8 Å². The SMILES string of the molecule is Cc1cnc(Nc2cnn(C3CCN(C)CC3)c2)nc1Nc1cccc([N+](=O)[O-])c1. The van der Waals surface area contributed by atoms with Gasteiger partial charge in [-0.05, 0) is 46.0 Å². The summed E-state index contributed by atoms with van der Waals surface area (Å²) in [5, 5.41) is 21.8. The molecule has 0 atom stereocenters. The summed E-state index contributed by atoms with van der Waals surface area (Å²) in [4.78, 5) is 21.8. The number of nitro benzene ring substituents is 1. The van der Waals surface area contributed by atoms with Gasteiger partial charge in [0.2, 0.25) is 5.95 Å². The fourth-order valence-corrected chi connectivity index (χ4v) is 3.45. The Morgan fingerprint density at radius 2 is 1.97 bits per heavy atom. The molecule has 0 aliphatic carbocycles. The molecular weight excluding hydrogens is 384 g/mol. The largest absolute Gasteiger partial charge is 0.340 e. The number of nitrogens with zero attached hydrogens (tertiary/aromatic N) is 6. The molecular formula is C20H24N8O2. The van der Waals surface area contributed by atoms with Crippen LogP contribution >= 0.6 is 0 Å². The second kappa shape index (κ2) is 8.46. The van der Waals surface area contributed by atoms with E-state index >= 15 is 0 Å². The van der Waals surface area contributed by atoms with E-state index in [1.165, 1.54) is 12.1 Å². The molecule has 30 heavy (non-hydrogen) atoms. The predicted octanol–water partition coefficient (Wildman–Crippen LogP) is 3.64. The number of aryl methyl sites for hydroxylation is 1. The number of hydrogen-bond acceptors (Lipinski definition) is 8. The van der Waals surface area contributed by atoms with Gasteiger partial charge in [-0.25, -0.2) is 4.98 Å². The van der Waals surface area contributed by atoms with Crippen LogP contribution in [0.4, 0.5) is 28.8 Å². The number of aromatic nitrogens is 4. The molecule has 156 valence electrons. The first-order valence-electron chi connectivity index (χ1n) is 9.83. The van der Waals surface area contributed by atoms with Crippen molar-refractivity contribution < 1.29 is 4.92 Å². The summed E-state index contributed by atoms with van der Waals surface area (Å²) in [5.74, 6) is 1.01. The van der Waals surface area contributed by atoms with Crippen molar-refractivity contribution in [2.75, 3.05) is 30.8 Å². The molecule has 1 saturated heterocycles. The Bertz CT molecular complexity index is 1040. The highest BCUT2D eigenvalue weighted by atomic mass is 16.6. The van der Waals surface area contributed by atoms with Gasteiger partial charge in [0.15, 0.2) is 0 Å². The zero-order valence-corrected chi connectivity index (χ0v) is 16.9. The van der Waals surface area contributed by atoms with Crippen LogP contribution in [0.1, 0.15) is 24.4 Å². The van der Waals surface area contributed by atoms with E-state index in [1.807, 2.05) is 17.8 Å². The molecule has 0 unspecified atom stereocenters. The van der Waals surface area contributed by atoms with Gasteiger partial charge in [0.05, 0.1) is 22.8 Å². The Labute approximate surface area is 174 Å². The third kappa shape index (κ3) is 4.54. The van der Waals surface area contributed by atoms with E-state index in [-0.39, 0.29) is 5.69 Å². The number of benzene rings is 1. The second-order valence-electron chi connectivity index (χ2n) is 7.53. The van der Waals surface area contributed by atoms with Crippen LogP contribution in [0.3, 0.4) is 0 Å². The van der Waals surface area contributed by atoms with Gasteiger partial charge in [0.25, 0.3) is 5.69 Å². The van der Waals surface area contributed by atoms with E-state index in [0.717, 1.165) is 37.2 Å². The van der Waals surface area contributed by atoms with Crippen molar-refractivity contribution in [3.8, 4) is 0 Å². The maximum atomic E-state index is 11.0. The monoisotopic (exact) mass is 408 g/mol.